The molecule has 1 N–H and O–H groups in total. The minimum absolute atomic E-state index is 0.166. The van der Waals surface area contributed by atoms with Gasteiger partial charge in [-0.3, -0.25) is 4.79 Å². The minimum atomic E-state index is -0.166. The highest BCUT2D eigenvalue weighted by atomic mass is 79.9. The number of amides is 1. The number of carbonyl (C=O) groups excluding carboxylic acids is 1. The number of hydrogen-bond donors (Lipinski definition) is 1. The topological polar surface area (TPSA) is 47.6 Å². The predicted octanol–water partition coefficient (Wildman–Crippen LogP) is 6.08. The van der Waals surface area contributed by atoms with Crippen molar-refractivity contribution in [3.05, 3.63) is 81.8 Å². The number of ether oxygens (including phenoxy) is 2. The molecule has 0 aromatic heterocycles. The maximum absolute atomic E-state index is 12.5. The van der Waals surface area contributed by atoms with Gasteiger partial charge in [-0.05, 0) is 48.0 Å². The summed E-state index contributed by atoms with van der Waals surface area (Å²) in [4.78, 5) is 12.5. The van der Waals surface area contributed by atoms with Crippen molar-refractivity contribution in [2.75, 3.05) is 12.4 Å². The van der Waals surface area contributed by atoms with Crippen molar-refractivity contribution < 1.29 is 14.3 Å². The smallest absolute Gasteiger partial charge is 0.228 e. The lowest BCUT2D eigenvalue weighted by Crippen LogP contribution is -2.15. The molecule has 3 rings (SSSR count). The Morgan fingerprint density at radius 1 is 1.00 bits per heavy atom. The van der Waals surface area contributed by atoms with Crippen LogP contribution >= 0.6 is 27.5 Å². The molecule has 0 aliphatic rings. The molecule has 0 heterocycles. The molecule has 0 aliphatic carbocycles. The summed E-state index contributed by atoms with van der Waals surface area (Å²) in [6.45, 7) is 0. The zero-order valence-electron chi connectivity index (χ0n) is 14.5. The molecule has 1 amide bonds. The fourth-order valence-electron chi connectivity index (χ4n) is 2.54. The summed E-state index contributed by atoms with van der Waals surface area (Å²) in [5.41, 5.74) is 1.39. The van der Waals surface area contributed by atoms with E-state index in [0.29, 0.717) is 28.0 Å². The summed E-state index contributed by atoms with van der Waals surface area (Å²) in [7, 11) is 1.57. The zero-order valence-corrected chi connectivity index (χ0v) is 16.9. The van der Waals surface area contributed by atoms with E-state index in [1.165, 1.54) is 0 Å². The van der Waals surface area contributed by atoms with Gasteiger partial charge < -0.3 is 14.8 Å². The molecule has 3 aromatic carbocycles. The Labute approximate surface area is 171 Å². The second-order valence-electron chi connectivity index (χ2n) is 5.75. The molecule has 0 bridgehead atoms. The first kappa shape index (κ1) is 19.3. The Kier molecular flexibility index (Phi) is 6.37. The Balaban J connectivity index is 1.80. The van der Waals surface area contributed by atoms with Crippen LogP contribution in [0.25, 0.3) is 0 Å². The summed E-state index contributed by atoms with van der Waals surface area (Å²) >= 11 is 9.51. The van der Waals surface area contributed by atoms with Crippen LogP contribution in [0.3, 0.4) is 0 Å². The highest BCUT2D eigenvalue weighted by Crippen LogP contribution is 2.36. The van der Waals surface area contributed by atoms with Crippen LogP contribution in [-0.2, 0) is 11.2 Å². The van der Waals surface area contributed by atoms with Gasteiger partial charge in [-0.1, -0.05) is 51.8 Å². The fourth-order valence-corrected chi connectivity index (χ4v) is 3.16. The number of carbonyl (C=O) groups is 1. The molecule has 3 aromatic rings. The number of halogens is 2. The molecule has 0 spiro atoms. The van der Waals surface area contributed by atoms with Gasteiger partial charge in [0.25, 0.3) is 0 Å². The lowest BCUT2D eigenvalue weighted by Gasteiger charge is -2.14. The van der Waals surface area contributed by atoms with Crippen molar-refractivity contribution in [2.24, 2.45) is 0 Å². The van der Waals surface area contributed by atoms with Gasteiger partial charge >= 0.3 is 0 Å². The van der Waals surface area contributed by atoms with Gasteiger partial charge in [-0.2, -0.15) is 0 Å². The molecular weight excluding hydrogens is 430 g/mol. The summed E-state index contributed by atoms with van der Waals surface area (Å²) in [5.74, 6) is 1.45. The highest BCUT2D eigenvalue weighted by molar-refractivity contribution is 9.10. The van der Waals surface area contributed by atoms with Gasteiger partial charge in [-0.15, -0.1) is 0 Å². The molecule has 6 heteroatoms. The van der Waals surface area contributed by atoms with Crippen LogP contribution in [0.2, 0.25) is 5.02 Å². The van der Waals surface area contributed by atoms with Crippen molar-refractivity contribution in [1.82, 2.24) is 0 Å². The van der Waals surface area contributed by atoms with Gasteiger partial charge in [0.1, 0.15) is 0 Å². The first-order chi connectivity index (χ1) is 13.0. The molecule has 0 saturated carbocycles. The van der Waals surface area contributed by atoms with Crippen LogP contribution in [-0.4, -0.2) is 13.0 Å². The largest absolute Gasteiger partial charge is 0.493 e. The summed E-state index contributed by atoms with van der Waals surface area (Å²) < 4.78 is 12.2. The Morgan fingerprint density at radius 3 is 2.52 bits per heavy atom. The Morgan fingerprint density at radius 2 is 1.78 bits per heavy atom. The van der Waals surface area contributed by atoms with Crippen molar-refractivity contribution in [2.45, 2.75) is 6.42 Å². The second-order valence-corrected chi connectivity index (χ2v) is 7.10. The van der Waals surface area contributed by atoms with Gasteiger partial charge in [0, 0.05) is 9.50 Å². The molecule has 0 aliphatic heterocycles. The number of rotatable bonds is 6. The number of hydrogen-bond acceptors (Lipinski definition) is 3. The quantitative estimate of drug-likeness (QED) is 0.499. The summed E-state index contributed by atoms with van der Waals surface area (Å²) in [5, 5.41) is 3.37. The molecule has 0 fully saturated rings. The molecule has 0 radical (unpaired) electrons. The maximum Gasteiger partial charge on any atom is 0.228 e. The normalized spacial score (nSPS) is 10.3. The van der Waals surface area contributed by atoms with Crippen molar-refractivity contribution in [1.29, 1.82) is 0 Å². The van der Waals surface area contributed by atoms with Crippen LogP contribution < -0.4 is 14.8 Å². The van der Waals surface area contributed by atoms with Crippen molar-refractivity contribution in [3.8, 4) is 17.2 Å². The monoisotopic (exact) mass is 445 g/mol. The van der Waals surface area contributed by atoms with E-state index in [1.54, 1.807) is 37.4 Å². The van der Waals surface area contributed by atoms with E-state index in [4.69, 9.17) is 21.1 Å². The van der Waals surface area contributed by atoms with Gasteiger partial charge in [0.15, 0.2) is 17.2 Å². The second kappa shape index (κ2) is 8.93. The molecule has 0 saturated heterocycles. The molecule has 138 valence electrons. The summed E-state index contributed by atoms with van der Waals surface area (Å²) in [6, 6.07) is 20.0. The van der Waals surface area contributed by atoms with E-state index >= 15 is 0 Å². The first-order valence-electron chi connectivity index (χ1n) is 8.20. The van der Waals surface area contributed by atoms with E-state index in [2.05, 4.69) is 21.2 Å². The number of benzene rings is 3. The lowest BCUT2D eigenvalue weighted by atomic mass is 10.1. The maximum atomic E-state index is 12.5. The number of para-hydroxylation sites is 2. The third kappa shape index (κ3) is 5.25. The van der Waals surface area contributed by atoms with Crippen molar-refractivity contribution >= 4 is 39.1 Å². The van der Waals surface area contributed by atoms with Crippen LogP contribution in [0.1, 0.15) is 5.56 Å². The van der Waals surface area contributed by atoms with E-state index in [0.717, 1.165) is 10.0 Å². The van der Waals surface area contributed by atoms with Gasteiger partial charge in [0.05, 0.1) is 19.2 Å². The average molecular weight is 447 g/mol. The highest BCUT2D eigenvalue weighted by Gasteiger charge is 2.12. The molecule has 0 unspecified atom stereocenters. The van der Waals surface area contributed by atoms with E-state index in [9.17, 15) is 4.79 Å². The molecular formula is C21H17BrClNO3. The van der Waals surface area contributed by atoms with Crippen LogP contribution in [0.15, 0.2) is 71.2 Å². The number of methoxy groups -OCH3 is 1. The molecule has 4 nitrogen and oxygen atoms in total. The van der Waals surface area contributed by atoms with Gasteiger partial charge in [-0.25, -0.2) is 0 Å². The number of anilines is 1. The Hall–Kier alpha value is -2.50. The predicted molar refractivity (Wildman–Crippen MR) is 111 cm³/mol. The van der Waals surface area contributed by atoms with Crippen LogP contribution in [0.5, 0.6) is 17.2 Å². The van der Waals surface area contributed by atoms with Crippen molar-refractivity contribution in [3.63, 3.8) is 0 Å². The van der Waals surface area contributed by atoms with Crippen LogP contribution in [0, 0.1) is 0 Å². The van der Waals surface area contributed by atoms with Gasteiger partial charge in [0.2, 0.25) is 5.91 Å². The summed E-state index contributed by atoms with van der Waals surface area (Å²) in [6.07, 6.45) is 0.236. The Bertz CT molecular complexity index is 962. The van der Waals surface area contributed by atoms with E-state index < -0.39 is 0 Å². The average Bonchev–Trinajstić information content (AvgIpc) is 2.64. The third-order valence-electron chi connectivity index (χ3n) is 3.76. The zero-order chi connectivity index (χ0) is 19.2. The van der Waals surface area contributed by atoms with Crippen LogP contribution in [0.4, 0.5) is 5.69 Å². The lowest BCUT2D eigenvalue weighted by molar-refractivity contribution is -0.115. The number of nitrogens with one attached hydrogen (secondary N) is 1. The minimum Gasteiger partial charge on any atom is -0.493 e. The first-order valence-corrected chi connectivity index (χ1v) is 9.37. The molecule has 0 atom stereocenters. The van der Waals surface area contributed by atoms with E-state index in [1.807, 2.05) is 36.4 Å². The third-order valence-corrected chi connectivity index (χ3v) is 4.49. The van der Waals surface area contributed by atoms with E-state index in [-0.39, 0.29) is 12.3 Å². The molecule has 27 heavy (non-hydrogen) atoms. The standard InChI is InChI=1S/C21H17BrClNO3/c1-26-19-7-2-3-8-20(19)27-18-10-9-16(23)13-17(18)24-21(25)12-14-5-4-6-15(22)11-14/h2-11,13H,12H2,1H3,(H,24,25). The SMILES string of the molecule is COc1ccccc1Oc1ccc(Cl)cc1NC(=O)Cc1cccc(Br)c1. The fraction of sp³-hybridized carbons (Fsp3) is 0.0952.